The van der Waals surface area contributed by atoms with Crippen LogP contribution >= 0.6 is 15.9 Å². The predicted molar refractivity (Wildman–Crippen MR) is 53.7 cm³/mol. The summed E-state index contributed by atoms with van der Waals surface area (Å²) in [6.07, 6.45) is -5.00. The summed E-state index contributed by atoms with van der Waals surface area (Å²) in [5.74, 6) is -0.418. The van der Waals surface area contributed by atoms with E-state index in [1.807, 2.05) is 6.92 Å². The fraction of sp³-hybridized carbons (Fsp3) is 0.889. The van der Waals surface area contributed by atoms with E-state index in [2.05, 4.69) is 15.9 Å². The summed E-state index contributed by atoms with van der Waals surface area (Å²) in [6.45, 7) is 2.82. The smallest absolute Gasteiger partial charge is 0.341 e. The van der Waals surface area contributed by atoms with Gasteiger partial charge in [0.25, 0.3) is 0 Å². The molecule has 15 heavy (non-hydrogen) atoms. The summed E-state index contributed by atoms with van der Waals surface area (Å²) >= 11 is 3.37. The van der Waals surface area contributed by atoms with Gasteiger partial charge in [0.2, 0.25) is 5.91 Å². The second kappa shape index (κ2) is 4.72. The van der Waals surface area contributed by atoms with Crippen LogP contribution in [0.1, 0.15) is 19.8 Å². The van der Waals surface area contributed by atoms with Crippen LogP contribution in [0.4, 0.5) is 13.2 Å². The van der Waals surface area contributed by atoms with Gasteiger partial charge in [-0.3, -0.25) is 4.79 Å². The molecule has 1 saturated heterocycles. The molecule has 6 heteroatoms. The Labute approximate surface area is 94.9 Å². The Hall–Kier alpha value is -0.260. The predicted octanol–water partition coefficient (Wildman–Crippen LogP) is 2.57. The number of hydrogen-bond donors (Lipinski definition) is 0. The molecular formula is C9H13BrF3NO. The fourth-order valence-corrected chi connectivity index (χ4v) is 2.15. The molecule has 1 aliphatic rings. The summed E-state index contributed by atoms with van der Waals surface area (Å²) in [5, 5.41) is 0. The molecule has 1 amide bonds. The lowest BCUT2D eigenvalue weighted by atomic mass is 9.99. The first-order valence-corrected chi connectivity index (χ1v) is 5.70. The lowest BCUT2D eigenvalue weighted by molar-refractivity contribution is -0.162. The zero-order valence-electron chi connectivity index (χ0n) is 8.35. The third kappa shape index (κ3) is 4.01. The average Bonchev–Trinajstić information content (AvgIpc) is 2.06. The van der Waals surface area contributed by atoms with Crippen LogP contribution in [0.5, 0.6) is 0 Å². The standard InChI is InChI=1S/C9H13BrF3NO/c1-6-2-3-14(5-7(6)10)8(15)4-9(11,12)13/h6-7H,2-5H2,1H3. The van der Waals surface area contributed by atoms with Crippen LogP contribution in [0, 0.1) is 5.92 Å². The van der Waals surface area contributed by atoms with Gasteiger partial charge in [0, 0.05) is 17.9 Å². The number of amides is 1. The Morgan fingerprint density at radius 3 is 2.60 bits per heavy atom. The highest BCUT2D eigenvalue weighted by Gasteiger charge is 2.35. The lowest BCUT2D eigenvalue weighted by Crippen LogP contribution is -2.44. The van der Waals surface area contributed by atoms with Crippen LogP contribution < -0.4 is 0 Å². The number of carbonyl (C=O) groups excluding carboxylic acids is 1. The second-order valence-corrected chi connectivity index (χ2v) is 5.09. The second-order valence-electron chi connectivity index (χ2n) is 3.91. The number of carbonyl (C=O) groups is 1. The van der Waals surface area contributed by atoms with Crippen molar-refractivity contribution in [1.29, 1.82) is 0 Å². The Balaban J connectivity index is 2.48. The minimum Gasteiger partial charge on any atom is -0.341 e. The van der Waals surface area contributed by atoms with Crippen molar-refractivity contribution in [1.82, 2.24) is 4.90 Å². The molecule has 0 bridgehead atoms. The summed E-state index contributed by atoms with van der Waals surface area (Å²) in [5.41, 5.74) is 0. The minimum atomic E-state index is -4.40. The van der Waals surface area contributed by atoms with E-state index in [-0.39, 0.29) is 4.83 Å². The van der Waals surface area contributed by atoms with Gasteiger partial charge in [0.05, 0.1) is 0 Å². The van der Waals surface area contributed by atoms with Gasteiger partial charge in [-0.2, -0.15) is 13.2 Å². The van der Waals surface area contributed by atoms with E-state index in [0.29, 0.717) is 19.0 Å². The van der Waals surface area contributed by atoms with Crippen molar-refractivity contribution < 1.29 is 18.0 Å². The van der Waals surface area contributed by atoms with Crippen molar-refractivity contribution in [3.8, 4) is 0 Å². The number of alkyl halides is 4. The van der Waals surface area contributed by atoms with Crippen molar-refractivity contribution in [3.05, 3.63) is 0 Å². The van der Waals surface area contributed by atoms with E-state index in [4.69, 9.17) is 0 Å². The Morgan fingerprint density at radius 1 is 1.53 bits per heavy atom. The first kappa shape index (κ1) is 12.8. The molecule has 2 atom stereocenters. The van der Waals surface area contributed by atoms with Gasteiger partial charge >= 0.3 is 6.18 Å². The van der Waals surface area contributed by atoms with Crippen molar-refractivity contribution in [3.63, 3.8) is 0 Å². The number of halogens is 4. The highest BCUT2D eigenvalue weighted by atomic mass is 79.9. The molecule has 0 radical (unpaired) electrons. The number of nitrogens with zero attached hydrogens (tertiary/aromatic N) is 1. The third-order valence-corrected chi connectivity index (χ3v) is 3.76. The molecular weight excluding hydrogens is 275 g/mol. The van der Waals surface area contributed by atoms with Crippen molar-refractivity contribution >= 4 is 21.8 Å². The molecule has 0 aromatic heterocycles. The Kier molecular flexibility index (Phi) is 4.03. The van der Waals surface area contributed by atoms with Gasteiger partial charge in [-0.15, -0.1) is 0 Å². The first-order chi connectivity index (χ1) is 6.79. The third-order valence-electron chi connectivity index (χ3n) is 2.57. The number of rotatable bonds is 1. The zero-order valence-corrected chi connectivity index (χ0v) is 9.94. The number of piperidine rings is 1. The van der Waals surface area contributed by atoms with Gasteiger partial charge in [0.1, 0.15) is 6.42 Å². The summed E-state index contributed by atoms with van der Waals surface area (Å²) in [6, 6.07) is 0. The van der Waals surface area contributed by atoms with Gasteiger partial charge in [-0.25, -0.2) is 0 Å². The molecule has 1 fully saturated rings. The van der Waals surface area contributed by atoms with Crippen LogP contribution in [-0.4, -0.2) is 34.9 Å². The number of likely N-dealkylation sites (tertiary alicyclic amines) is 1. The van der Waals surface area contributed by atoms with E-state index in [9.17, 15) is 18.0 Å². The maximum Gasteiger partial charge on any atom is 0.397 e. The average molecular weight is 288 g/mol. The summed E-state index contributed by atoms with van der Waals surface area (Å²) < 4.78 is 35.9. The van der Waals surface area contributed by atoms with Gasteiger partial charge in [0.15, 0.2) is 0 Å². The summed E-state index contributed by atoms with van der Waals surface area (Å²) in [4.78, 5) is 12.6. The molecule has 1 aliphatic heterocycles. The first-order valence-electron chi connectivity index (χ1n) is 4.78. The normalized spacial score (nSPS) is 27.9. The lowest BCUT2D eigenvalue weighted by Gasteiger charge is -2.34. The quantitative estimate of drug-likeness (QED) is 0.679. The molecule has 0 aromatic rings. The van der Waals surface area contributed by atoms with Crippen LogP contribution in [0.15, 0.2) is 0 Å². The highest BCUT2D eigenvalue weighted by molar-refractivity contribution is 9.09. The summed E-state index contributed by atoms with van der Waals surface area (Å²) in [7, 11) is 0. The molecule has 0 aliphatic carbocycles. The molecule has 2 unspecified atom stereocenters. The van der Waals surface area contributed by atoms with Crippen molar-refractivity contribution in [2.45, 2.75) is 30.8 Å². The fourth-order valence-electron chi connectivity index (χ4n) is 1.53. The molecule has 1 heterocycles. The molecule has 0 saturated carbocycles. The van der Waals surface area contributed by atoms with Gasteiger partial charge < -0.3 is 4.90 Å². The van der Waals surface area contributed by atoms with Crippen LogP contribution in [0.25, 0.3) is 0 Å². The van der Waals surface area contributed by atoms with Crippen molar-refractivity contribution in [2.75, 3.05) is 13.1 Å². The molecule has 2 nitrogen and oxygen atoms in total. The molecule has 0 spiro atoms. The van der Waals surface area contributed by atoms with E-state index < -0.39 is 18.5 Å². The van der Waals surface area contributed by atoms with Crippen LogP contribution in [-0.2, 0) is 4.79 Å². The maximum absolute atomic E-state index is 12.0. The largest absolute Gasteiger partial charge is 0.397 e. The molecule has 0 N–H and O–H groups in total. The molecule has 1 rings (SSSR count). The van der Waals surface area contributed by atoms with E-state index in [1.165, 1.54) is 4.90 Å². The zero-order chi connectivity index (χ0) is 11.6. The van der Waals surface area contributed by atoms with Crippen molar-refractivity contribution in [2.24, 2.45) is 5.92 Å². The maximum atomic E-state index is 12.0. The molecule has 0 aromatic carbocycles. The molecule has 88 valence electrons. The Morgan fingerprint density at radius 2 is 2.13 bits per heavy atom. The monoisotopic (exact) mass is 287 g/mol. The van der Waals surface area contributed by atoms with Gasteiger partial charge in [-0.05, 0) is 12.3 Å². The SMILES string of the molecule is CC1CCN(C(=O)CC(F)(F)F)CC1Br. The van der Waals surface area contributed by atoms with Crippen LogP contribution in [0.3, 0.4) is 0 Å². The van der Waals surface area contributed by atoms with E-state index in [1.54, 1.807) is 0 Å². The van der Waals surface area contributed by atoms with Crippen LogP contribution in [0.2, 0.25) is 0 Å². The van der Waals surface area contributed by atoms with Gasteiger partial charge in [-0.1, -0.05) is 22.9 Å². The topological polar surface area (TPSA) is 20.3 Å². The Bertz CT molecular complexity index is 244. The van der Waals surface area contributed by atoms with E-state index in [0.717, 1.165) is 6.42 Å². The van der Waals surface area contributed by atoms with E-state index >= 15 is 0 Å². The highest BCUT2D eigenvalue weighted by Crippen LogP contribution is 2.26. The number of hydrogen-bond acceptors (Lipinski definition) is 1. The minimum absolute atomic E-state index is 0.100.